The number of pyridine rings is 1. The van der Waals surface area contributed by atoms with Gasteiger partial charge in [-0.1, -0.05) is 6.92 Å². The van der Waals surface area contributed by atoms with Gasteiger partial charge in [-0.2, -0.15) is 0 Å². The minimum Gasteiger partial charge on any atom is -0.323 e. The molecule has 24 heavy (non-hydrogen) atoms. The Balaban J connectivity index is 1.77. The lowest BCUT2D eigenvalue weighted by Crippen LogP contribution is -2.16. The van der Waals surface area contributed by atoms with Gasteiger partial charge >= 0.3 is 0 Å². The van der Waals surface area contributed by atoms with Crippen LogP contribution in [-0.4, -0.2) is 16.8 Å². The number of rotatable bonds is 5. The number of anilines is 2. The van der Waals surface area contributed by atoms with Gasteiger partial charge in [0.2, 0.25) is 5.91 Å². The largest absolute Gasteiger partial charge is 0.323 e. The highest BCUT2D eigenvalue weighted by Crippen LogP contribution is 2.31. The molecule has 1 aromatic heterocycles. The number of nitrogens with zero attached hydrogens (tertiary/aromatic N) is 1. The van der Waals surface area contributed by atoms with Crippen LogP contribution in [-0.2, 0) is 11.2 Å². The smallest absolute Gasteiger partial charge is 0.256 e. The first-order chi connectivity index (χ1) is 11.6. The molecule has 1 aromatic carbocycles. The molecule has 124 valence electrons. The minimum absolute atomic E-state index is 0.0217. The van der Waals surface area contributed by atoms with Crippen LogP contribution in [0.3, 0.4) is 0 Å². The van der Waals surface area contributed by atoms with Gasteiger partial charge in [-0.15, -0.1) is 0 Å². The number of benzene rings is 1. The Morgan fingerprint density at radius 2 is 2.04 bits per heavy atom. The summed E-state index contributed by atoms with van der Waals surface area (Å²) in [5, 5.41) is 5.31. The Kier molecular flexibility index (Phi) is 4.55. The molecule has 0 unspecified atom stereocenters. The van der Waals surface area contributed by atoms with Crippen LogP contribution < -0.4 is 10.6 Å². The second-order valence-corrected chi connectivity index (χ2v) is 5.80. The molecule has 2 aromatic rings. The zero-order chi connectivity index (χ0) is 17.1. The molecule has 2 amide bonds. The van der Waals surface area contributed by atoms with E-state index in [1.807, 2.05) is 6.92 Å². The SMILES string of the molecule is CCc1cnccc1C(=O)Nc1ccc(F)c(NC(=O)C2CC2)c1. The van der Waals surface area contributed by atoms with Gasteiger partial charge in [-0.05, 0) is 49.1 Å². The molecule has 3 rings (SSSR count). The summed E-state index contributed by atoms with van der Waals surface area (Å²) in [5.74, 6) is -1.02. The van der Waals surface area contributed by atoms with E-state index in [0.29, 0.717) is 17.7 Å². The van der Waals surface area contributed by atoms with Crippen LogP contribution in [0.5, 0.6) is 0 Å². The quantitative estimate of drug-likeness (QED) is 0.884. The number of aromatic nitrogens is 1. The standard InChI is InChI=1S/C18H18FN3O2/c1-2-11-10-20-8-7-14(11)18(24)21-13-5-6-15(19)16(9-13)22-17(23)12-3-4-12/h5-10,12H,2-4H2,1H3,(H,21,24)(H,22,23). The first-order valence-corrected chi connectivity index (χ1v) is 7.93. The predicted molar refractivity (Wildman–Crippen MR) is 89.3 cm³/mol. The van der Waals surface area contributed by atoms with Crippen LogP contribution in [0.25, 0.3) is 0 Å². The van der Waals surface area contributed by atoms with Crippen molar-refractivity contribution in [2.45, 2.75) is 26.2 Å². The molecular weight excluding hydrogens is 309 g/mol. The van der Waals surface area contributed by atoms with Crippen molar-refractivity contribution in [3.8, 4) is 0 Å². The highest BCUT2D eigenvalue weighted by Gasteiger charge is 2.30. The second-order valence-electron chi connectivity index (χ2n) is 5.80. The molecule has 0 spiro atoms. The Labute approximate surface area is 139 Å². The summed E-state index contributed by atoms with van der Waals surface area (Å²) >= 11 is 0. The van der Waals surface area contributed by atoms with Crippen LogP contribution in [0, 0.1) is 11.7 Å². The number of aryl methyl sites for hydroxylation is 1. The van der Waals surface area contributed by atoms with Gasteiger partial charge in [-0.25, -0.2) is 4.39 Å². The van der Waals surface area contributed by atoms with E-state index in [1.54, 1.807) is 18.5 Å². The maximum absolute atomic E-state index is 13.9. The fourth-order valence-corrected chi connectivity index (χ4v) is 2.41. The number of hydrogen-bond donors (Lipinski definition) is 2. The summed E-state index contributed by atoms with van der Waals surface area (Å²) in [7, 11) is 0. The minimum atomic E-state index is -0.528. The maximum Gasteiger partial charge on any atom is 0.256 e. The number of hydrogen-bond acceptors (Lipinski definition) is 3. The number of halogens is 1. The molecule has 6 heteroatoms. The van der Waals surface area contributed by atoms with Crippen LogP contribution in [0.2, 0.25) is 0 Å². The van der Waals surface area contributed by atoms with Crippen LogP contribution in [0.15, 0.2) is 36.7 Å². The third kappa shape index (κ3) is 3.59. The molecule has 0 bridgehead atoms. The highest BCUT2D eigenvalue weighted by atomic mass is 19.1. The Morgan fingerprint density at radius 3 is 2.75 bits per heavy atom. The predicted octanol–water partition coefficient (Wildman–Crippen LogP) is 3.38. The molecule has 0 aliphatic heterocycles. The van der Waals surface area contributed by atoms with E-state index in [-0.39, 0.29) is 23.4 Å². The lowest BCUT2D eigenvalue weighted by Gasteiger charge is -2.11. The molecule has 1 heterocycles. The first-order valence-electron chi connectivity index (χ1n) is 7.93. The lowest BCUT2D eigenvalue weighted by molar-refractivity contribution is -0.117. The molecule has 0 radical (unpaired) electrons. The fourth-order valence-electron chi connectivity index (χ4n) is 2.41. The van der Waals surface area contributed by atoms with E-state index in [9.17, 15) is 14.0 Å². The summed E-state index contributed by atoms with van der Waals surface area (Å²) in [6.45, 7) is 1.94. The molecule has 0 saturated heterocycles. The number of carbonyl (C=O) groups is 2. The van der Waals surface area contributed by atoms with Gasteiger partial charge in [0.05, 0.1) is 5.69 Å². The molecule has 1 saturated carbocycles. The van der Waals surface area contributed by atoms with Crippen molar-refractivity contribution >= 4 is 23.2 Å². The monoisotopic (exact) mass is 327 g/mol. The molecule has 0 atom stereocenters. The van der Waals surface area contributed by atoms with Crippen LogP contribution >= 0.6 is 0 Å². The molecule has 5 nitrogen and oxygen atoms in total. The van der Waals surface area contributed by atoms with E-state index in [1.165, 1.54) is 18.2 Å². The first kappa shape index (κ1) is 16.1. The van der Waals surface area contributed by atoms with Crippen molar-refractivity contribution in [1.82, 2.24) is 4.98 Å². The Morgan fingerprint density at radius 1 is 1.25 bits per heavy atom. The number of amides is 2. The van der Waals surface area contributed by atoms with Crippen LogP contribution in [0.4, 0.5) is 15.8 Å². The second kappa shape index (κ2) is 6.78. The van der Waals surface area contributed by atoms with Crippen molar-refractivity contribution < 1.29 is 14.0 Å². The van der Waals surface area contributed by atoms with Crippen molar-refractivity contribution in [3.63, 3.8) is 0 Å². The summed E-state index contributed by atoms with van der Waals surface area (Å²) in [5.41, 5.74) is 1.86. The van der Waals surface area contributed by atoms with Crippen LogP contribution in [0.1, 0.15) is 35.7 Å². The molecule has 2 N–H and O–H groups in total. The third-order valence-corrected chi connectivity index (χ3v) is 3.96. The molecular formula is C18H18FN3O2. The van der Waals surface area contributed by atoms with E-state index < -0.39 is 5.82 Å². The number of nitrogens with one attached hydrogen (secondary N) is 2. The Bertz CT molecular complexity index is 788. The van der Waals surface area contributed by atoms with Crippen molar-refractivity contribution in [2.24, 2.45) is 5.92 Å². The maximum atomic E-state index is 13.9. The average molecular weight is 327 g/mol. The van der Waals surface area contributed by atoms with Gasteiger partial charge in [0.1, 0.15) is 5.82 Å². The molecule has 1 aliphatic carbocycles. The van der Waals surface area contributed by atoms with E-state index >= 15 is 0 Å². The lowest BCUT2D eigenvalue weighted by atomic mass is 10.1. The average Bonchev–Trinajstić information content (AvgIpc) is 3.42. The van der Waals surface area contributed by atoms with E-state index in [2.05, 4.69) is 15.6 Å². The summed E-state index contributed by atoms with van der Waals surface area (Å²) < 4.78 is 13.9. The Hall–Kier alpha value is -2.76. The summed E-state index contributed by atoms with van der Waals surface area (Å²) in [4.78, 5) is 28.2. The highest BCUT2D eigenvalue weighted by molar-refractivity contribution is 6.05. The topological polar surface area (TPSA) is 71.1 Å². The molecule has 1 aliphatic rings. The summed E-state index contributed by atoms with van der Waals surface area (Å²) in [6, 6.07) is 5.77. The van der Waals surface area contributed by atoms with Crippen molar-refractivity contribution in [3.05, 3.63) is 53.6 Å². The zero-order valence-electron chi connectivity index (χ0n) is 13.3. The normalized spacial score (nSPS) is 13.4. The van der Waals surface area contributed by atoms with E-state index in [0.717, 1.165) is 18.4 Å². The van der Waals surface area contributed by atoms with Gasteiger partial charge in [0.25, 0.3) is 5.91 Å². The number of carbonyl (C=O) groups excluding carboxylic acids is 2. The van der Waals surface area contributed by atoms with E-state index in [4.69, 9.17) is 0 Å². The zero-order valence-corrected chi connectivity index (χ0v) is 13.3. The van der Waals surface area contributed by atoms with Crippen molar-refractivity contribution in [2.75, 3.05) is 10.6 Å². The summed E-state index contributed by atoms with van der Waals surface area (Å²) in [6.07, 6.45) is 5.57. The third-order valence-electron chi connectivity index (χ3n) is 3.96. The van der Waals surface area contributed by atoms with Gasteiger partial charge < -0.3 is 10.6 Å². The van der Waals surface area contributed by atoms with Gasteiger partial charge in [0.15, 0.2) is 0 Å². The van der Waals surface area contributed by atoms with Crippen molar-refractivity contribution in [1.29, 1.82) is 0 Å². The van der Waals surface area contributed by atoms with Gasteiger partial charge in [0, 0.05) is 29.6 Å². The fraction of sp³-hybridized carbons (Fsp3) is 0.278. The van der Waals surface area contributed by atoms with Gasteiger partial charge in [-0.3, -0.25) is 14.6 Å². The molecule has 1 fully saturated rings.